The molecule has 1 aromatic heterocycles. The lowest BCUT2D eigenvalue weighted by Crippen LogP contribution is -2.11. The minimum atomic E-state index is -0.437. The monoisotopic (exact) mass is 342 g/mol. The molecule has 2 rings (SSSR count). The first-order valence-electron chi connectivity index (χ1n) is 5.45. The number of nitrogens with two attached hydrogens (primary N) is 1. The lowest BCUT2D eigenvalue weighted by Gasteiger charge is -2.10. The first kappa shape index (κ1) is 14.0. The summed E-state index contributed by atoms with van der Waals surface area (Å²) in [4.78, 5) is 0.148. The van der Waals surface area contributed by atoms with Gasteiger partial charge in [0, 0.05) is 18.8 Å². The van der Waals surface area contributed by atoms with E-state index in [1.165, 1.54) is 0 Å². The summed E-state index contributed by atoms with van der Waals surface area (Å²) in [5.74, 6) is -0.437. The second-order valence-electron chi connectivity index (χ2n) is 4.08. The fourth-order valence-corrected chi connectivity index (χ4v) is 2.56. The van der Waals surface area contributed by atoms with E-state index in [1.807, 2.05) is 6.92 Å². The van der Waals surface area contributed by atoms with Crippen molar-refractivity contribution in [2.45, 2.75) is 6.92 Å². The molecule has 0 atom stereocenters. The first-order valence-corrected chi connectivity index (χ1v) is 6.65. The topological polar surface area (TPSA) is 55.9 Å². The molecule has 0 spiro atoms. The predicted octanol–water partition coefficient (Wildman–Crippen LogP) is 3.01. The van der Waals surface area contributed by atoms with Gasteiger partial charge in [-0.2, -0.15) is 5.10 Å². The Hall–Kier alpha value is -1.47. The van der Waals surface area contributed by atoms with Crippen LogP contribution in [0.15, 0.2) is 22.8 Å². The average molecular weight is 343 g/mol. The smallest absolute Gasteiger partial charge is 0.161 e. The van der Waals surface area contributed by atoms with Gasteiger partial charge in [-0.15, -0.1) is 0 Å². The Balaban J connectivity index is 2.39. The number of nitrogens with one attached hydrogen (secondary N) is 1. The van der Waals surface area contributed by atoms with Gasteiger partial charge in [0.05, 0.1) is 21.5 Å². The standard InChI is InChI=1S/C12H12BrFN4S/c1-6-9(5-18(2)17-6)16-8-4-3-7(12(15)19)10(13)11(8)14/h3-5,16H,1-2H3,(H2,15,19). The van der Waals surface area contributed by atoms with Crippen molar-refractivity contribution in [1.29, 1.82) is 0 Å². The van der Waals surface area contributed by atoms with Gasteiger partial charge < -0.3 is 11.1 Å². The molecule has 1 heterocycles. The van der Waals surface area contributed by atoms with Crippen LogP contribution < -0.4 is 11.1 Å². The van der Waals surface area contributed by atoms with Gasteiger partial charge in [-0.1, -0.05) is 12.2 Å². The maximum Gasteiger partial charge on any atom is 0.161 e. The molecule has 100 valence electrons. The number of benzene rings is 1. The van der Waals surface area contributed by atoms with Gasteiger partial charge in [-0.25, -0.2) is 4.39 Å². The molecule has 0 aliphatic heterocycles. The zero-order valence-electron chi connectivity index (χ0n) is 10.4. The van der Waals surface area contributed by atoms with E-state index >= 15 is 0 Å². The number of halogens is 2. The summed E-state index contributed by atoms with van der Waals surface area (Å²) in [6, 6.07) is 3.27. The Morgan fingerprint density at radius 2 is 2.16 bits per heavy atom. The molecule has 19 heavy (non-hydrogen) atoms. The SMILES string of the molecule is Cc1nn(C)cc1Nc1ccc(C(N)=S)c(Br)c1F. The van der Waals surface area contributed by atoms with Crippen LogP contribution in [0.1, 0.15) is 11.3 Å². The van der Waals surface area contributed by atoms with Crippen molar-refractivity contribution in [3.63, 3.8) is 0 Å². The van der Waals surface area contributed by atoms with E-state index in [-0.39, 0.29) is 9.46 Å². The van der Waals surface area contributed by atoms with Crippen LogP contribution in [0.3, 0.4) is 0 Å². The lowest BCUT2D eigenvalue weighted by molar-refractivity contribution is 0.625. The fourth-order valence-electron chi connectivity index (χ4n) is 1.70. The molecule has 7 heteroatoms. The van der Waals surface area contributed by atoms with Gasteiger partial charge in [0.25, 0.3) is 0 Å². The van der Waals surface area contributed by atoms with Crippen LogP contribution in [0, 0.1) is 12.7 Å². The summed E-state index contributed by atoms with van der Waals surface area (Å²) in [7, 11) is 1.81. The number of aromatic nitrogens is 2. The molecule has 0 radical (unpaired) electrons. The van der Waals surface area contributed by atoms with Gasteiger partial charge in [-0.05, 0) is 35.0 Å². The Morgan fingerprint density at radius 1 is 1.47 bits per heavy atom. The highest BCUT2D eigenvalue weighted by Gasteiger charge is 2.14. The van der Waals surface area contributed by atoms with Gasteiger partial charge in [0.15, 0.2) is 5.82 Å². The van der Waals surface area contributed by atoms with Crippen molar-refractivity contribution in [1.82, 2.24) is 9.78 Å². The summed E-state index contributed by atoms with van der Waals surface area (Å²) in [6.45, 7) is 1.85. The first-order chi connectivity index (χ1) is 8.90. The van der Waals surface area contributed by atoms with E-state index in [0.717, 1.165) is 11.4 Å². The van der Waals surface area contributed by atoms with E-state index in [9.17, 15) is 4.39 Å². The number of aryl methyl sites for hydroxylation is 2. The molecular formula is C12H12BrFN4S. The molecule has 0 saturated heterocycles. The van der Waals surface area contributed by atoms with Crippen molar-refractivity contribution in [3.05, 3.63) is 39.9 Å². The Morgan fingerprint density at radius 3 is 2.68 bits per heavy atom. The zero-order chi connectivity index (χ0) is 14.2. The van der Waals surface area contributed by atoms with Gasteiger partial charge in [-0.3, -0.25) is 4.68 Å². The average Bonchev–Trinajstić information content (AvgIpc) is 2.63. The largest absolute Gasteiger partial charge is 0.389 e. The van der Waals surface area contributed by atoms with E-state index in [4.69, 9.17) is 18.0 Å². The van der Waals surface area contributed by atoms with Crippen molar-refractivity contribution in [2.75, 3.05) is 5.32 Å². The molecule has 0 aliphatic rings. The van der Waals surface area contributed by atoms with Gasteiger partial charge in [0.2, 0.25) is 0 Å². The van der Waals surface area contributed by atoms with Crippen LogP contribution in [-0.4, -0.2) is 14.8 Å². The number of hydrogen-bond donors (Lipinski definition) is 2. The highest BCUT2D eigenvalue weighted by Crippen LogP contribution is 2.29. The number of hydrogen-bond acceptors (Lipinski definition) is 3. The molecule has 0 amide bonds. The van der Waals surface area contributed by atoms with E-state index in [0.29, 0.717) is 11.3 Å². The summed E-state index contributed by atoms with van der Waals surface area (Å²) in [6.07, 6.45) is 1.78. The van der Waals surface area contributed by atoms with Crippen LogP contribution in [0.4, 0.5) is 15.8 Å². The molecule has 3 N–H and O–H groups in total. The summed E-state index contributed by atoms with van der Waals surface area (Å²) in [5, 5.41) is 7.18. The Kier molecular flexibility index (Phi) is 3.86. The number of rotatable bonds is 3. The molecule has 0 unspecified atom stereocenters. The van der Waals surface area contributed by atoms with Crippen LogP contribution in [0.5, 0.6) is 0 Å². The molecular weight excluding hydrogens is 331 g/mol. The summed E-state index contributed by atoms with van der Waals surface area (Å²) < 4.78 is 16.1. The van der Waals surface area contributed by atoms with Crippen LogP contribution in [0.25, 0.3) is 0 Å². The summed E-state index contributed by atoms with van der Waals surface area (Å²) in [5.41, 5.74) is 7.86. The van der Waals surface area contributed by atoms with E-state index < -0.39 is 5.82 Å². The predicted molar refractivity (Wildman–Crippen MR) is 81.2 cm³/mol. The molecule has 0 bridgehead atoms. The van der Waals surface area contributed by atoms with Crippen molar-refractivity contribution in [2.24, 2.45) is 12.8 Å². The zero-order valence-corrected chi connectivity index (χ0v) is 12.8. The highest BCUT2D eigenvalue weighted by atomic mass is 79.9. The summed E-state index contributed by atoms with van der Waals surface area (Å²) >= 11 is 8.02. The quantitative estimate of drug-likeness (QED) is 0.842. The third-order valence-electron chi connectivity index (χ3n) is 2.63. The van der Waals surface area contributed by atoms with Crippen molar-refractivity contribution in [3.8, 4) is 0 Å². The fraction of sp³-hybridized carbons (Fsp3) is 0.167. The second-order valence-corrected chi connectivity index (χ2v) is 5.31. The van der Waals surface area contributed by atoms with E-state index in [2.05, 4.69) is 26.3 Å². The molecule has 1 aromatic carbocycles. The van der Waals surface area contributed by atoms with Crippen LogP contribution >= 0.6 is 28.1 Å². The molecule has 0 saturated carbocycles. The minimum absolute atomic E-state index is 0.148. The maximum atomic E-state index is 14.2. The third-order valence-corrected chi connectivity index (χ3v) is 3.63. The van der Waals surface area contributed by atoms with Crippen LogP contribution in [0.2, 0.25) is 0 Å². The van der Waals surface area contributed by atoms with Gasteiger partial charge >= 0.3 is 0 Å². The molecule has 0 aliphatic carbocycles. The Bertz CT molecular complexity index is 653. The number of nitrogens with zero attached hydrogens (tertiary/aromatic N) is 2. The van der Waals surface area contributed by atoms with Crippen molar-refractivity contribution >= 4 is 44.5 Å². The molecule has 4 nitrogen and oxygen atoms in total. The third kappa shape index (κ3) is 2.76. The van der Waals surface area contributed by atoms with Crippen molar-refractivity contribution < 1.29 is 4.39 Å². The minimum Gasteiger partial charge on any atom is -0.389 e. The second kappa shape index (κ2) is 5.26. The number of thiocarbonyl (C=S) groups is 1. The lowest BCUT2D eigenvalue weighted by atomic mass is 10.2. The molecule has 0 fully saturated rings. The van der Waals surface area contributed by atoms with Gasteiger partial charge in [0.1, 0.15) is 4.99 Å². The highest BCUT2D eigenvalue weighted by molar-refractivity contribution is 9.10. The number of anilines is 2. The normalized spacial score (nSPS) is 10.5. The van der Waals surface area contributed by atoms with Crippen LogP contribution in [-0.2, 0) is 7.05 Å². The maximum absolute atomic E-state index is 14.2. The van der Waals surface area contributed by atoms with E-state index in [1.54, 1.807) is 30.1 Å². The molecule has 2 aromatic rings. The Labute approximate surface area is 123 Å².